The Labute approximate surface area is 343 Å². The SMILES string of the molecule is Cc1c(-c2ccc3cnc(Nc4ccc(C(=O)N5CCN(CCN6CCN(c7ccc(NC8CCC(=O)NC8=O)cc7)CC6)CC5)cc4)nc3c2)cnc2c1NCCO2. The molecule has 3 saturated heterocycles. The molecule has 9 rings (SSSR count). The van der Waals surface area contributed by atoms with E-state index in [0.717, 1.165) is 104 Å². The van der Waals surface area contributed by atoms with Crippen LogP contribution in [0.25, 0.3) is 22.0 Å². The molecule has 0 spiro atoms. The lowest BCUT2D eigenvalue weighted by atomic mass is 10.00. The van der Waals surface area contributed by atoms with Crippen molar-refractivity contribution >= 4 is 57.3 Å². The number of carbonyl (C=O) groups excluding carboxylic acids is 3. The van der Waals surface area contributed by atoms with Gasteiger partial charge in [0.15, 0.2) is 0 Å². The summed E-state index contributed by atoms with van der Waals surface area (Å²) in [5, 5.41) is 13.3. The van der Waals surface area contributed by atoms with Gasteiger partial charge in [-0.05, 0) is 79.1 Å². The van der Waals surface area contributed by atoms with E-state index in [1.54, 1.807) is 0 Å². The number of aromatic nitrogens is 3. The molecule has 4 N–H and O–H groups in total. The van der Waals surface area contributed by atoms with Gasteiger partial charge in [0.25, 0.3) is 5.91 Å². The van der Waals surface area contributed by atoms with Crippen LogP contribution < -0.4 is 30.9 Å². The zero-order valence-corrected chi connectivity index (χ0v) is 33.2. The molecule has 4 aliphatic rings. The fourth-order valence-corrected chi connectivity index (χ4v) is 8.26. The normalized spacial score (nSPS) is 18.8. The van der Waals surface area contributed by atoms with Gasteiger partial charge in [0.2, 0.25) is 23.6 Å². The molecule has 1 unspecified atom stereocenters. The van der Waals surface area contributed by atoms with Crippen molar-refractivity contribution in [2.24, 2.45) is 0 Å². The average Bonchev–Trinajstić information content (AvgIpc) is 3.27. The van der Waals surface area contributed by atoms with Crippen LogP contribution in [-0.4, -0.2) is 132 Å². The van der Waals surface area contributed by atoms with Gasteiger partial charge in [-0.3, -0.25) is 29.5 Å². The highest BCUT2D eigenvalue weighted by Gasteiger charge is 2.27. The largest absolute Gasteiger partial charge is 0.474 e. The number of anilines is 5. The maximum Gasteiger partial charge on any atom is 0.253 e. The summed E-state index contributed by atoms with van der Waals surface area (Å²) < 4.78 is 5.71. The van der Waals surface area contributed by atoms with E-state index in [1.165, 1.54) is 5.69 Å². The van der Waals surface area contributed by atoms with Gasteiger partial charge in [-0.25, -0.2) is 15.0 Å². The van der Waals surface area contributed by atoms with Gasteiger partial charge in [0.1, 0.15) is 18.3 Å². The highest BCUT2D eigenvalue weighted by Crippen LogP contribution is 2.36. The van der Waals surface area contributed by atoms with Crippen LogP contribution in [0.5, 0.6) is 5.88 Å². The first kappa shape index (κ1) is 38.2. The number of imide groups is 1. The molecule has 59 heavy (non-hydrogen) atoms. The zero-order valence-electron chi connectivity index (χ0n) is 33.2. The maximum atomic E-state index is 13.5. The van der Waals surface area contributed by atoms with Crippen LogP contribution >= 0.6 is 0 Å². The number of hydrogen-bond donors (Lipinski definition) is 4. The van der Waals surface area contributed by atoms with E-state index in [2.05, 4.69) is 77.1 Å². The number of pyridine rings is 1. The fraction of sp³-hybridized carbons (Fsp3) is 0.364. The molecule has 1 atom stereocenters. The van der Waals surface area contributed by atoms with Gasteiger partial charge < -0.3 is 30.5 Å². The Morgan fingerprint density at radius 1 is 0.847 bits per heavy atom. The number of carbonyl (C=O) groups is 3. The first-order valence-electron chi connectivity index (χ1n) is 20.5. The summed E-state index contributed by atoms with van der Waals surface area (Å²) in [6.07, 6.45) is 4.53. The minimum Gasteiger partial charge on any atom is -0.474 e. The van der Waals surface area contributed by atoms with Gasteiger partial charge in [-0.1, -0.05) is 12.1 Å². The Hall–Kier alpha value is -6.32. The number of nitrogens with one attached hydrogen (secondary N) is 4. The molecule has 4 aliphatic heterocycles. The number of fused-ring (bicyclic) bond motifs is 2. The summed E-state index contributed by atoms with van der Waals surface area (Å²) in [6, 6.07) is 21.5. The molecule has 3 fully saturated rings. The third kappa shape index (κ3) is 8.61. The van der Waals surface area contributed by atoms with E-state index < -0.39 is 0 Å². The number of benzene rings is 3. The standard InChI is InChI=1S/C44H49N11O4/c1-29-36(28-46-42-40(29)45-14-25-59-42)31-2-3-32-27-47-44(50-38(32)26-31)49-34-6-4-30(5-7-34)43(58)55-23-19-53(20-24-55)16-15-52-17-21-54(22-18-52)35-10-8-33(9-11-35)48-37-12-13-39(56)51-41(37)57/h2-11,26-28,37,45,48H,12-25H2,1H3,(H,47,49,50)(H,51,56,57). The van der Waals surface area contributed by atoms with Crippen LogP contribution in [0, 0.1) is 6.92 Å². The number of ether oxygens (including phenoxy) is 1. The molecule has 0 saturated carbocycles. The van der Waals surface area contributed by atoms with Crippen molar-refractivity contribution in [1.82, 2.24) is 35.0 Å². The van der Waals surface area contributed by atoms with Crippen molar-refractivity contribution in [3.05, 3.63) is 90.3 Å². The number of nitrogens with zero attached hydrogens (tertiary/aromatic N) is 7. The van der Waals surface area contributed by atoms with Crippen molar-refractivity contribution in [1.29, 1.82) is 0 Å². The predicted molar refractivity (Wildman–Crippen MR) is 228 cm³/mol. The smallest absolute Gasteiger partial charge is 0.253 e. The second-order valence-electron chi connectivity index (χ2n) is 15.6. The Bertz CT molecular complexity index is 2340. The summed E-state index contributed by atoms with van der Waals surface area (Å²) >= 11 is 0. The third-order valence-electron chi connectivity index (χ3n) is 11.8. The Kier molecular flexibility index (Phi) is 10.9. The minimum absolute atomic E-state index is 0.0512. The number of rotatable bonds is 10. The molecule has 2 aromatic heterocycles. The highest BCUT2D eigenvalue weighted by atomic mass is 16.5. The topological polar surface area (TPSA) is 160 Å². The Morgan fingerprint density at radius 3 is 2.32 bits per heavy atom. The summed E-state index contributed by atoms with van der Waals surface area (Å²) in [5.41, 5.74) is 8.40. The quantitative estimate of drug-likeness (QED) is 0.148. The third-order valence-corrected chi connectivity index (χ3v) is 11.8. The van der Waals surface area contributed by atoms with Gasteiger partial charge >= 0.3 is 0 Å². The monoisotopic (exact) mass is 795 g/mol. The lowest BCUT2D eigenvalue weighted by Gasteiger charge is -2.39. The van der Waals surface area contributed by atoms with Gasteiger partial charge in [0, 0.05) is 124 Å². The van der Waals surface area contributed by atoms with Crippen LogP contribution in [0.4, 0.5) is 28.7 Å². The number of amides is 3. The second-order valence-corrected chi connectivity index (χ2v) is 15.6. The van der Waals surface area contributed by atoms with Crippen LogP contribution in [0.3, 0.4) is 0 Å². The summed E-state index contributed by atoms with van der Waals surface area (Å²) in [7, 11) is 0. The summed E-state index contributed by atoms with van der Waals surface area (Å²) in [4.78, 5) is 60.2. The predicted octanol–water partition coefficient (Wildman–Crippen LogP) is 4.35. The van der Waals surface area contributed by atoms with Crippen LogP contribution in [0.1, 0.15) is 28.8 Å². The molecule has 6 heterocycles. The van der Waals surface area contributed by atoms with Gasteiger partial charge in [0.05, 0.1) is 5.52 Å². The number of piperidine rings is 1. The summed E-state index contributed by atoms with van der Waals surface area (Å²) in [5.74, 6) is 0.703. The molecule has 3 aromatic carbocycles. The van der Waals surface area contributed by atoms with Crippen LogP contribution in [0.2, 0.25) is 0 Å². The van der Waals surface area contributed by atoms with Gasteiger partial charge in [-0.15, -0.1) is 0 Å². The minimum atomic E-state index is -0.384. The van der Waals surface area contributed by atoms with E-state index >= 15 is 0 Å². The molecule has 0 aliphatic carbocycles. The van der Waals surface area contributed by atoms with E-state index in [0.29, 0.717) is 49.9 Å². The van der Waals surface area contributed by atoms with E-state index in [9.17, 15) is 14.4 Å². The van der Waals surface area contributed by atoms with Crippen molar-refractivity contribution in [2.75, 3.05) is 99.4 Å². The molecule has 15 heteroatoms. The van der Waals surface area contributed by atoms with Gasteiger partial charge in [-0.2, -0.15) is 0 Å². The lowest BCUT2D eigenvalue weighted by molar-refractivity contribution is -0.133. The van der Waals surface area contributed by atoms with Crippen LogP contribution in [-0.2, 0) is 9.59 Å². The van der Waals surface area contributed by atoms with E-state index in [-0.39, 0.29) is 23.8 Å². The molecular formula is C44H49N11O4. The Balaban J connectivity index is 0.716. The lowest BCUT2D eigenvalue weighted by Crippen LogP contribution is -2.52. The van der Waals surface area contributed by atoms with E-state index in [1.807, 2.05) is 59.8 Å². The molecule has 0 radical (unpaired) electrons. The number of hydrogen-bond acceptors (Lipinski definition) is 13. The molecule has 0 bridgehead atoms. The fourth-order valence-electron chi connectivity index (χ4n) is 8.26. The van der Waals surface area contributed by atoms with Crippen LogP contribution in [0.15, 0.2) is 79.1 Å². The highest BCUT2D eigenvalue weighted by molar-refractivity contribution is 6.01. The number of piperazine rings is 2. The molecule has 15 nitrogen and oxygen atoms in total. The zero-order chi connectivity index (χ0) is 40.3. The van der Waals surface area contributed by atoms with Crippen molar-refractivity contribution in [3.63, 3.8) is 0 Å². The van der Waals surface area contributed by atoms with Crippen molar-refractivity contribution in [2.45, 2.75) is 25.8 Å². The van der Waals surface area contributed by atoms with Crippen molar-refractivity contribution in [3.8, 4) is 17.0 Å². The maximum absolute atomic E-state index is 13.5. The molecular weight excluding hydrogens is 747 g/mol. The molecule has 3 amide bonds. The summed E-state index contributed by atoms with van der Waals surface area (Å²) in [6.45, 7) is 12.5. The van der Waals surface area contributed by atoms with Crippen molar-refractivity contribution < 1.29 is 19.1 Å². The average molecular weight is 796 g/mol. The Morgan fingerprint density at radius 2 is 1.58 bits per heavy atom. The molecule has 5 aromatic rings. The van der Waals surface area contributed by atoms with E-state index in [4.69, 9.17) is 9.72 Å². The first-order chi connectivity index (χ1) is 28.8. The molecule has 304 valence electrons. The first-order valence-corrected chi connectivity index (χ1v) is 20.5. The second kappa shape index (κ2) is 16.9.